The molecule has 5 nitrogen and oxygen atoms in total. The minimum Gasteiger partial charge on any atom is -0.508 e. The van der Waals surface area contributed by atoms with E-state index < -0.39 is 0 Å². The maximum Gasteiger partial charge on any atom is 0.226 e. The van der Waals surface area contributed by atoms with Crippen molar-refractivity contribution in [3.8, 4) is 5.75 Å². The zero-order chi connectivity index (χ0) is 16.6. The van der Waals surface area contributed by atoms with Gasteiger partial charge in [0.05, 0.1) is 0 Å². The number of carbonyl (C=O) groups excluding carboxylic acids is 1. The molecule has 2 saturated heterocycles. The molecule has 4 rings (SSSR count). The van der Waals surface area contributed by atoms with Crippen LogP contribution in [-0.4, -0.2) is 60.1 Å². The van der Waals surface area contributed by atoms with Crippen molar-refractivity contribution in [3.63, 3.8) is 0 Å². The number of piperidine rings is 1. The molecule has 0 aromatic heterocycles. The highest BCUT2D eigenvalue weighted by Crippen LogP contribution is 2.59. The maximum atomic E-state index is 12.8. The molecular weight excluding hydrogens is 302 g/mol. The standard InChI is InChI=1S/C19H27N3O2/c23-16-3-1-2-15(12-16)14-21-8-10-22(11-9-21)18(24)17-13-19(17)4-6-20-7-5-19/h1-3,12,17,20,23H,4-11,13-14H2. The summed E-state index contributed by atoms with van der Waals surface area (Å²) in [7, 11) is 0. The third-order valence-electron chi connectivity index (χ3n) is 6.09. The molecular formula is C19H27N3O2. The van der Waals surface area contributed by atoms with Gasteiger partial charge in [-0.2, -0.15) is 0 Å². The molecule has 5 heteroatoms. The van der Waals surface area contributed by atoms with Crippen LogP contribution >= 0.6 is 0 Å². The van der Waals surface area contributed by atoms with Crippen LogP contribution in [0.25, 0.3) is 0 Å². The Labute approximate surface area is 143 Å². The lowest BCUT2D eigenvalue weighted by Crippen LogP contribution is -2.49. The lowest BCUT2D eigenvalue weighted by atomic mass is 9.91. The molecule has 130 valence electrons. The van der Waals surface area contributed by atoms with Crippen molar-refractivity contribution in [2.24, 2.45) is 11.3 Å². The Morgan fingerprint density at radius 3 is 2.67 bits per heavy atom. The lowest BCUT2D eigenvalue weighted by Gasteiger charge is -2.35. The van der Waals surface area contributed by atoms with Gasteiger partial charge < -0.3 is 15.3 Å². The largest absolute Gasteiger partial charge is 0.508 e. The van der Waals surface area contributed by atoms with Crippen LogP contribution in [0, 0.1) is 11.3 Å². The number of hydrogen-bond acceptors (Lipinski definition) is 4. The number of benzene rings is 1. The Hall–Kier alpha value is -1.59. The summed E-state index contributed by atoms with van der Waals surface area (Å²) in [6.07, 6.45) is 3.44. The van der Waals surface area contributed by atoms with Crippen LogP contribution in [0.3, 0.4) is 0 Å². The lowest BCUT2D eigenvalue weighted by molar-refractivity contribution is -0.135. The van der Waals surface area contributed by atoms with Gasteiger partial charge >= 0.3 is 0 Å². The summed E-state index contributed by atoms with van der Waals surface area (Å²) in [6.45, 7) is 6.49. The highest BCUT2D eigenvalue weighted by Gasteiger charge is 2.58. The van der Waals surface area contributed by atoms with E-state index in [0.29, 0.717) is 17.1 Å². The van der Waals surface area contributed by atoms with Crippen LogP contribution in [0.5, 0.6) is 5.75 Å². The summed E-state index contributed by atoms with van der Waals surface area (Å²) < 4.78 is 0. The van der Waals surface area contributed by atoms with Crippen molar-refractivity contribution in [1.29, 1.82) is 0 Å². The van der Waals surface area contributed by atoms with Crippen LogP contribution in [-0.2, 0) is 11.3 Å². The third-order valence-corrected chi connectivity index (χ3v) is 6.09. The van der Waals surface area contributed by atoms with Crippen LogP contribution in [0.15, 0.2) is 24.3 Å². The monoisotopic (exact) mass is 329 g/mol. The number of hydrogen-bond donors (Lipinski definition) is 2. The molecule has 3 aliphatic rings. The SMILES string of the molecule is O=C(C1CC12CCNCC2)N1CCN(Cc2cccc(O)c2)CC1. The van der Waals surface area contributed by atoms with E-state index in [1.54, 1.807) is 6.07 Å². The predicted molar refractivity (Wildman–Crippen MR) is 92.6 cm³/mol. The summed E-state index contributed by atoms with van der Waals surface area (Å²) in [6, 6.07) is 7.45. The van der Waals surface area contributed by atoms with E-state index in [-0.39, 0.29) is 5.92 Å². The molecule has 2 heterocycles. The van der Waals surface area contributed by atoms with Gasteiger partial charge in [0.25, 0.3) is 0 Å². The van der Waals surface area contributed by atoms with Gasteiger partial charge in [0.1, 0.15) is 5.75 Å². The number of nitrogens with zero attached hydrogens (tertiary/aromatic N) is 2. The number of aromatic hydroxyl groups is 1. The van der Waals surface area contributed by atoms with Gasteiger partial charge in [-0.1, -0.05) is 12.1 Å². The van der Waals surface area contributed by atoms with Gasteiger partial charge in [0.15, 0.2) is 0 Å². The Morgan fingerprint density at radius 1 is 1.21 bits per heavy atom. The van der Waals surface area contributed by atoms with E-state index >= 15 is 0 Å². The fourth-order valence-corrected chi connectivity index (χ4v) is 4.43. The second-order valence-electron chi connectivity index (χ2n) is 7.64. The topological polar surface area (TPSA) is 55.8 Å². The normalized spacial score (nSPS) is 26.5. The average Bonchev–Trinajstić information content (AvgIpc) is 3.28. The highest BCUT2D eigenvalue weighted by atomic mass is 16.3. The Balaban J connectivity index is 1.28. The van der Waals surface area contributed by atoms with Crippen molar-refractivity contribution in [3.05, 3.63) is 29.8 Å². The summed E-state index contributed by atoms with van der Waals surface area (Å²) in [5.74, 6) is 1.01. The number of piperazine rings is 1. The van der Waals surface area contributed by atoms with E-state index in [4.69, 9.17) is 0 Å². The molecule has 1 saturated carbocycles. The summed E-state index contributed by atoms with van der Waals surface area (Å²) in [5.41, 5.74) is 1.46. The van der Waals surface area contributed by atoms with Crippen molar-refractivity contribution in [2.75, 3.05) is 39.3 Å². The van der Waals surface area contributed by atoms with Gasteiger partial charge in [-0.15, -0.1) is 0 Å². The van der Waals surface area contributed by atoms with Gasteiger partial charge in [0, 0.05) is 38.6 Å². The summed E-state index contributed by atoms with van der Waals surface area (Å²) in [5, 5.41) is 13.0. The molecule has 1 unspecified atom stereocenters. The first-order chi connectivity index (χ1) is 11.7. The van der Waals surface area contributed by atoms with Crippen molar-refractivity contribution in [1.82, 2.24) is 15.1 Å². The summed E-state index contributed by atoms with van der Waals surface area (Å²) >= 11 is 0. The minimum absolute atomic E-state index is 0.289. The Bertz CT molecular complexity index is 604. The highest BCUT2D eigenvalue weighted by molar-refractivity contribution is 5.83. The Kier molecular flexibility index (Phi) is 4.22. The third kappa shape index (κ3) is 3.15. The molecule has 1 aromatic carbocycles. The first-order valence-electron chi connectivity index (χ1n) is 9.16. The van der Waals surface area contributed by atoms with Crippen LogP contribution in [0.1, 0.15) is 24.8 Å². The number of nitrogens with one attached hydrogen (secondary N) is 1. The Morgan fingerprint density at radius 2 is 1.96 bits per heavy atom. The van der Waals surface area contributed by atoms with Gasteiger partial charge in [-0.3, -0.25) is 9.69 Å². The first kappa shape index (κ1) is 15.9. The molecule has 3 fully saturated rings. The number of phenols is 1. The average molecular weight is 329 g/mol. The number of amides is 1. The van der Waals surface area contributed by atoms with Crippen LogP contribution < -0.4 is 5.32 Å². The molecule has 1 aromatic rings. The smallest absolute Gasteiger partial charge is 0.226 e. The number of carbonyl (C=O) groups is 1. The van der Waals surface area contributed by atoms with E-state index in [2.05, 4.69) is 15.1 Å². The molecule has 2 N–H and O–H groups in total. The zero-order valence-electron chi connectivity index (χ0n) is 14.2. The fourth-order valence-electron chi connectivity index (χ4n) is 4.43. The summed E-state index contributed by atoms with van der Waals surface area (Å²) in [4.78, 5) is 17.2. The van der Waals surface area contributed by atoms with Gasteiger partial charge in [0.2, 0.25) is 5.91 Å². The second kappa shape index (κ2) is 6.37. The van der Waals surface area contributed by atoms with E-state index in [1.165, 1.54) is 12.8 Å². The van der Waals surface area contributed by atoms with Crippen LogP contribution in [0.4, 0.5) is 0 Å². The second-order valence-corrected chi connectivity index (χ2v) is 7.64. The molecule has 1 atom stereocenters. The van der Waals surface area contributed by atoms with E-state index in [9.17, 15) is 9.90 Å². The molecule has 0 radical (unpaired) electrons. The van der Waals surface area contributed by atoms with Crippen molar-refractivity contribution < 1.29 is 9.90 Å². The first-order valence-corrected chi connectivity index (χ1v) is 9.16. The molecule has 2 aliphatic heterocycles. The predicted octanol–water partition coefficient (Wildman–Crippen LogP) is 1.43. The fraction of sp³-hybridized carbons (Fsp3) is 0.632. The van der Waals surface area contributed by atoms with E-state index in [0.717, 1.165) is 57.8 Å². The molecule has 0 bridgehead atoms. The zero-order valence-corrected chi connectivity index (χ0v) is 14.2. The molecule has 1 spiro atoms. The molecule has 1 aliphatic carbocycles. The van der Waals surface area contributed by atoms with Crippen LogP contribution in [0.2, 0.25) is 0 Å². The number of phenolic OH excluding ortho intramolecular Hbond substituents is 1. The van der Waals surface area contributed by atoms with Gasteiger partial charge in [-0.25, -0.2) is 0 Å². The maximum absolute atomic E-state index is 12.8. The number of rotatable bonds is 3. The molecule has 1 amide bonds. The minimum atomic E-state index is 0.289. The van der Waals surface area contributed by atoms with Crippen molar-refractivity contribution >= 4 is 5.91 Å². The quantitative estimate of drug-likeness (QED) is 0.881. The van der Waals surface area contributed by atoms with E-state index in [1.807, 2.05) is 18.2 Å². The van der Waals surface area contributed by atoms with Gasteiger partial charge in [-0.05, 0) is 55.5 Å². The molecule has 24 heavy (non-hydrogen) atoms. The van der Waals surface area contributed by atoms with Crippen molar-refractivity contribution in [2.45, 2.75) is 25.8 Å².